The van der Waals surface area contributed by atoms with Gasteiger partial charge in [-0.25, -0.2) is 9.50 Å². The molecule has 2 saturated heterocycles. The molecular weight excluding hydrogens is 286 g/mol. The zero-order valence-corrected chi connectivity index (χ0v) is 11.8. The van der Waals surface area contributed by atoms with Crippen LogP contribution in [0.1, 0.15) is 10.5 Å². The minimum absolute atomic E-state index is 0.0518. The summed E-state index contributed by atoms with van der Waals surface area (Å²) in [5.74, 6) is -1.13. The van der Waals surface area contributed by atoms with E-state index >= 15 is 0 Å². The van der Waals surface area contributed by atoms with Gasteiger partial charge in [0.05, 0.1) is 0 Å². The molecule has 114 valence electrons. The number of carbonyl (C=O) groups excluding carboxylic acids is 1. The van der Waals surface area contributed by atoms with Crippen LogP contribution in [0.2, 0.25) is 0 Å². The highest BCUT2D eigenvalue weighted by molar-refractivity contribution is 5.94. The molecule has 0 aliphatic carbocycles. The number of likely N-dealkylation sites (tertiary alicyclic amines) is 1. The van der Waals surface area contributed by atoms with Crippen LogP contribution in [0, 0.1) is 11.3 Å². The first-order chi connectivity index (χ1) is 10.6. The number of hydrogen-bond donors (Lipinski definition) is 2. The molecule has 2 aromatic heterocycles. The van der Waals surface area contributed by atoms with Gasteiger partial charge in [0, 0.05) is 50.6 Å². The molecule has 2 atom stereocenters. The average molecular weight is 301 g/mol. The van der Waals surface area contributed by atoms with Crippen molar-refractivity contribution >= 4 is 17.5 Å². The monoisotopic (exact) mass is 301 g/mol. The van der Waals surface area contributed by atoms with Crippen molar-refractivity contribution in [3.63, 3.8) is 0 Å². The SMILES string of the molecule is O=C(c1cc2ncccn2n1)N1C[C@@H]2CNC[C@]2(C(=O)O)C1. The maximum Gasteiger partial charge on any atom is 0.313 e. The van der Waals surface area contributed by atoms with Crippen LogP contribution in [0.3, 0.4) is 0 Å². The van der Waals surface area contributed by atoms with Crippen LogP contribution in [0.15, 0.2) is 24.5 Å². The van der Waals surface area contributed by atoms with Crippen molar-refractivity contribution in [2.75, 3.05) is 26.2 Å². The molecule has 1 amide bonds. The van der Waals surface area contributed by atoms with E-state index in [2.05, 4.69) is 15.4 Å². The van der Waals surface area contributed by atoms with Crippen LogP contribution in [0.5, 0.6) is 0 Å². The van der Waals surface area contributed by atoms with Crippen molar-refractivity contribution in [2.45, 2.75) is 0 Å². The van der Waals surface area contributed by atoms with Crippen molar-refractivity contribution in [3.05, 3.63) is 30.2 Å². The molecule has 2 aliphatic rings. The second-order valence-corrected chi connectivity index (χ2v) is 5.93. The fourth-order valence-corrected chi connectivity index (χ4v) is 3.47. The minimum Gasteiger partial charge on any atom is -0.481 e. The molecule has 0 aromatic carbocycles. The third-order valence-electron chi connectivity index (χ3n) is 4.69. The average Bonchev–Trinajstić information content (AvgIpc) is 3.17. The summed E-state index contributed by atoms with van der Waals surface area (Å²) in [5, 5.41) is 16.9. The Balaban J connectivity index is 1.63. The first-order valence-corrected chi connectivity index (χ1v) is 7.14. The minimum atomic E-state index is -0.868. The molecular formula is C14H15N5O3. The predicted molar refractivity (Wildman–Crippen MR) is 75.3 cm³/mol. The molecule has 4 heterocycles. The van der Waals surface area contributed by atoms with Gasteiger partial charge in [-0.05, 0) is 6.07 Å². The molecule has 4 rings (SSSR count). The molecule has 2 N–H and O–H groups in total. The number of carboxylic acid groups (broad SMARTS) is 1. The van der Waals surface area contributed by atoms with Crippen molar-refractivity contribution in [1.82, 2.24) is 24.8 Å². The third kappa shape index (κ3) is 1.73. The van der Waals surface area contributed by atoms with Crippen LogP contribution in [-0.4, -0.2) is 62.7 Å². The molecule has 8 heteroatoms. The number of hydrogen-bond acceptors (Lipinski definition) is 5. The van der Waals surface area contributed by atoms with E-state index in [1.54, 1.807) is 33.9 Å². The highest BCUT2D eigenvalue weighted by Gasteiger charge is 2.56. The number of rotatable bonds is 2. The van der Waals surface area contributed by atoms with Gasteiger partial charge in [0.25, 0.3) is 5.91 Å². The Bertz CT molecular complexity index is 740. The lowest BCUT2D eigenvalue weighted by Gasteiger charge is -2.22. The van der Waals surface area contributed by atoms with Gasteiger partial charge in [0.2, 0.25) is 0 Å². The summed E-state index contributed by atoms with van der Waals surface area (Å²) in [5.41, 5.74) is 0.0274. The van der Waals surface area contributed by atoms with Crippen molar-refractivity contribution < 1.29 is 14.7 Å². The lowest BCUT2D eigenvalue weighted by Crippen LogP contribution is -2.41. The second kappa shape index (κ2) is 4.51. The van der Waals surface area contributed by atoms with E-state index < -0.39 is 11.4 Å². The Morgan fingerprint density at radius 3 is 3.05 bits per heavy atom. The zero-order valence-electron chi connectivity index (χ0n) is 11.8. The van der Waals surface area contributed by atoms with Gasteiger partial charge < -0.3 is 15.3 Å². The summed E-state index contributed by atoms with van der Waals surface area (Å²) in [7, 11) is 0. The Morgan fingerprint density at radius 2 is 2.32 bits per heavy atom. The molecule has 8 nitrogen and oxygen atoms in total. The highest BCUT2D eigenvalue weighted by Crippen LogP contribution is 2.39. The van der Waals surface area contributed by atoms with Crippen LogP contribution < -0.4 is 5.32 Å². The Labute approximate surface area is 125 Å². The quantitative estimate of drug-likeness (QED) is 0.774. The molecule has 0 unspecified atom stereocenters. The topological polar surface area (TPSA) is 99.8 Å². The van der Waals surface area contributed by atoms with Gasteiger partial charge >= 0.3 is 5.97 Å². The molecule has 0 bridgehead atoms. The summed E-state index contributed by atoms with van der Waals surface area (Å²) in [6, 6.07) is 3.36. The Morgan fingerprint density at radius 1 is 1.45 bits per heavy atom. The van der Waals surface area contributed by atoms with E-state index in [4.69, 9.17) is 0 Å². The summed E-state index contributed by atoms with van der Waals surface area (Å²) in [6.07, 6.45) is 3.36. The molecule has 0 radical (unpaired) electrons. The molecule has 22 heavy (non-hydrogen) atoms. The Hall–Kier alpha value is -2.48. The van der Waals surface area contributed by atoms with Gasteiger partial charge in [-0.2, -0.15) is 5.10 Å². The predicted octanol–water partition coefficient (Wildman–Crippen LogP) is -0.524. The molecule has 2 aliphatic heterocycles. The lowest BCUT2D eigenvalue weighted by molar-refractivity contribution is -0.148. The highest BCUT2D eigenvalue weighted by atomic mass is 16.4. The maximum absolute atomic E-state index is 12.6. The van der Waals surface area contributed by atoms with Gasteiger partial charge in [-0.1, -0.05) is 0 Å². The summed E-state index contributed by atoms with van der Waals surface area (Å²) in [4.78, 5) is 30.0. The molecule has 2 fully saturated rings. The van der Waals surface area contributed by atoms with Crippen molar-refractivity contribution in [1.29, 1.82) is 0 Å². The Kier molecular flexibility index (Phi) is 2.70. The van der Waals surface area contributed by atoms with Crippen LogP contribution in [0.4, 0.5) is 0 Å². The number of nitrogens with one attached hydrogen (secondary N) is 1. The van der Waals surface area contributed by atoms with E-state index in [9.17, 15) is 14.7 Å². The van der Waals surface area contributed by atoms with Crippen molar-refractivity contribution in [2.24, 2.45) is 11.3 Å². The molecule has 0 saturated carbocycles. The fourth-order valence-electron chi connectivity index (χ4n) is 3.47. The number of aliphatic carboxylic acids is 1. The number of fused-ring (bicyclic) bond motifs is 2. The van der Waals surface area contributed by atoms with Crippen molar-refractivity contribution in [3.8, 4) is 0 Å². The van der Waals surface area contributed by atoms with Crippen LogP contribution >= 0.6 is 0 Å². The second-order valence-electron chi connectivity index (χ2n) is 5.93. The summed E-state index contributed by atoms with van der Waals surface area (Å²) >= 11 is 0. The number of carboxylic acids is 1. The van der Waals surface area contributed by atoms with E-state index in [-0.39, 0.29) is 18.4 Å². The number of carbonyl (C=O) groups is 2. The first kappa shape index (κ1) is 13.2. The zero-order chi connectivity index (χ0) is 15.3. The fraction of sp³-hybridized carbons (Fsp3) is 0.429. The van der Waals surface area contributed by atoms with Gasteiger partial charge in [-0.15, -0.1) is 0 Å². The molecule has 2 aromatic rings. The van der Waals surface area contributed by atoms with E-state index in [0.29, 0.717) is 31.0 Å². The van der Waals surface area contributed by atoms with Gasteiger partial charge in [0.1, 0.15) is 5.41 Å². The first-order valence-electron chi connectivity index (χ1n) is 7.14. The maximum atomic E-state index is 12.6. The van der Waals surface area contributed by atoms with E-state index in [1.807, 2.05) is 0 Å². The van der Waals surface area contributed by atoms with Crippen LogP contribution in [0.25, 0.3) is 5.65 Å². The van der Waals surface area contributed by atoms with Gasteiger partial charge in [0.15, 0.2) is 11.3 Å². The number of aromatic nitrogens is 3. The number of amides is 1. The van der Waals surface area contributed by atoms with Gasteiger partial charge in [-0.3, -0.25) is 9.59 Å². The van der Waals surface area contributed by atoms with Crippen LogP contribution in [-0.2, 0) is 4.79 Å². The lowest BCUT2D eigenvalue weighted by atomic mass is 9.81. The standard InChI is InChI=1S/C14H15N5O3/c20-12(10-4-11-16-2-1-3-19(11)17-10)18-6-9-5-15-7-14(9,8-18)13(21)22/h1-4,9,15H,5-8H2,(H,21,22)/t9-,14-/m0/s1. The normalized spacial score (nSPS) is 27.3. The van der Waals surface area contributed by atoms with E-state index in [1.165, 1.54) is 0 Å². The number of nitrogens with zero attached hydrogens (tertiary/aromatic N) is 4. The summed E-state index contributed by atoms with van der Waals surface area (Å²) < 4.78 is 1.54. The van der Waals surface area contributed by atoms with E-state index in [0.717, 1.165) is 0 Å². The third-order valence-corrected chi connectivity index (χ3v) is 4.69. The smallest absolute Gasteiger partial charge is 0.313 e. The summed E-state index contributed by atoms with van der Waals surface area (Å²) in [6.45, 7) is 1.70. The molecule has 0 spiro atoms. The largest absolute Gasteiger partial charge is 0.481 e.